The molecule has 172 valence electrons. The Labute approximate surface area is 206 Å². The molecule has 0 aliphatic heterocycles. The van der Waals surface area contributed by atoms with E-state index in [4.69, 9.17) is 0 Å². The number of hydrogen-bond acceptors (Lipinski definition) is 5. The quantitative estimate of drug-likeness (QED) is 0.341. The highest BCUT2D eigenvalue weighted by Gasteiger charge is 2.20. The van der Waals surface area contributed by atoms with Gasteiger partial charge in [0, 0.05) is 9.26 Å². The number of hydrogen-bond donors (Lipinski definition) is 2. The van der Waals surface area contributed by atoms with E-state index >= 15 is 0 Å². The lowest BCUT2D eigenvalue weighted by Gasteiger charge is -2.12. The molecule has 1 heterocycles. The molecule has 34 heavy (non-hydrogen) atoms. The van der Waals surface area contributed by atoms with E-state index in [-0.39, 0.29) is 17.7 Å². The van der Waals surface area contributed by atoms with E-state index in [1.54, 1.807) is 37.3 Å². The van der Waals surface area contributed by atoms with Gasteiger partial charge in [-0.3, -0.25) is 4.79 Å². The summed E-state index contributed by atoms with van der Waals surface area (Å²) < 4.78 is 15.9. The molecule has 0 radical (unpaired) electrons. The van der Waals surface area contributed by atoms with Crippen LogP contribution in [0.25, 0.3) is 5.69 Å². The van der Waals surface area contributed by atoms with Crippen molar-refractivity contribution in [3.63, 3.8) is 0 Å². The van der Waals surface area contributed by atoms with Crippen LogP contribution >= 0.6 is 22.6 Å². The number of amides is 1. The van der Waals surface area contributed by atoms with Crippen molar-refractivity contribution in [2.24, 2.45) is 0 Å². The first-order chi connectivity index (χ1) is 16.2. The van der Waals surface area contributed by atoms with E-state index in [1.807, 2.05) is 22.6 Å². The average molecular weight is 573 g/mol. The summed E-state index contributed by atoms with van der Waals surface area (Å²) in [5.41, 5.74) is 1.87. The van der Waals surface area contributed by atoms with Gasteiger partial charge < -0.3 is 10.4 Å². The van der Waals surface area contributed by atoms with Crippen molar-refractivity contribution in [1.82, 2.24) is 19.8 Å². The Morgan fingerprint density at radius 3 is 2.50 bits per heavy atom. The molecule has 0 saturated carbocycles. The van der Waals surface area contributed by atoms with Gasteiger partial charge in [0.2, 0.25) is 0 Å². The van der Waals surface area contributed by atoms with Crippen molar-refractivity contribution in [2.75, 3.05) is 5.32 Å². The number of aromatic nitrogens is 4. The summed E-state index contributed by atoms with van der Waals surface area (Å²) in [6, 6.07) is 15.1. The Bertz CT molecular complexity index is 1460. The van der Waals surface area contributed by atoms with Crippen LogP contribution in [0.1, 0.15) is 31.8 Å². The number of tetrazole rings is 1. The van der Waals surface area contributed by atoms with Crippen LogP contribution in [0.5, 0.6) is 0 Å². The smallest absolute Gasteiger partial charge is 0.368 e. The molecule has 4 rings (SSSR count). The van der Waals surface area contributed by atoms with E-state index in [0.29, 0.717) is 20.5 Å². The Morgan fingerprint density at radius 2 is 1.82 bits per heavy atom. The normalized spacial score (nSPS) is 10.8. The second kappa shape index (κ2) is 9.55. The standard InChI is InChI=1S/C23H17FIN5O4/c1-13-11-14(12-29-23(34)30(28-27-29)16-8-6-15(24)7-9-16)5-10-19(13)26-21(31)20-17(22(32)33)3-2-4-18(20)25/h2-11H,12H2,1H3,(H,26,31)(H,32,33). The van der Waals surface area contributed by atoms with Gasteiger partial charge in [-0.25, -0.2) is 14.0 Å². The number of carboxylic acids is 1. The van der Waals surface area contributed by atoms with Gasteiger partial charge in [0.25, 0.3) is 5.91 Å². The van der Waals surface area contributed by atoms with Gasteiger partial charge in [0.05, 0.1) is 23.4 Å². The van der Waals surface area contributed by atoms with E-state index in [0.717, 1.165) is 10.2 Å². The number of rotatable bonds is 6. The van der Waals surface area contributed by atoms with E-state index in [9.17, 15) is 23.9 Å². The number of aromatic carboxylic acids is 1. The summed E-state index contributed by atoms with van der Waals surface area (Å²) in [7, 11) is 0. The van der Waals surface area contributed by atoms with Gasteiger partial charge in [-0.2, -0.15) is 9.36 Å². The molecule has 0 atom stereocenters. The Morgan fingerprint density at radius 1 is 1.09 bits per heavy atom. The largest absolute Gasteiger partial charge is 0.478 e. The fourth-order valence-corrected chi connectivity index (χ4v) is 4.12. The van der Waals surface area contributed by atoms with Crippen LogP contribution in [0.2, 0.25) is 0 Å². The number of nitrogens with zero attached hydrogens (tertiary/aromatic N) is 4. The lowest BCUT2D eigenvalue weighted by atomic mass is 10.1. The molecular weight excluding hydrogens is 556 g/mol. The highest BCUT2D eigenvalue weighted by Crippen LogP contribution is 2.22. The van der Waals surface area contributed by atoms with Gasteiger partial charge in [-0.15, -0.1) is 0 Å². The predicted octanol–water partition coefficient (Wildman–Crippen LogP) is 3.48. The van der Waals surface area contributed by atoms with Crippen LogP contribution in [-0.2, 0) is 6.54 Å². The molecule has 0 aliphatic rings. The second-order valence-electron chi connectivity index (χ2n) is 7.38. The fraction of sp³-hybridized carbons (Fsp3) is 0.0870. The summed E-state index contributed by atoms with van der Waals surface area (Å²) in [6.07, 6.45) is 0. The SMILES string of the molecule is Cc1cc(Cn2nnn(-c3ccc(F)cc3)c2=O)ccc1NC(=O)c1c(I)cccc1C(=O)O. The number of carbonyl (C=O) groups excluding carboxylic acids is 1. The summed E-state index contributed by atoms with van der Waals surface area (Å²) in [5, 5.41) is 19.9. The van der Waals surface area contributed by atoms with Gasteiger partial charge in [0.15, 0.2) is 0 Å². The summed E-state index contributed by atoms with van der Waals surface area (Å²) in [6.45, 7) is 1.92. The molecule has 4 aromatic rings. The molecule has 0 spiro atoms. The van der Waals surface area contributed by atoms with Crippen LogP contribution < -0.4 is 11.0 Å². The van der Waals surface area contributed by atoms with Gasteiger partial charge in [-0.05, 0) is 93.5 Å². The van der Waals surface area contributed by atoms with Crippen molar-refractivity contribution in [3.8, 4) is 5.69 Å². The Balaban J connectivity index is 1.54. The molecule has 3 aromatic carbocycles. The van der Waals surface area contributed by atoms with E-state index in [1.165, 1.54) is 35.0 Å². The molecule has 11 heteroatoms. The van der Waals surface area contributed by atoms with Crippen LogP contribution in [0.15, 0.2) is 65.5 Å². The fourth-order valence-electron chi connectivity index (χ4n) is 3.37. The molecule has 9 nitrogen and oxygen atoms in total. The minimum Gasteiger partial charge on any atom is -0.478 e. The maximum absolute atomic E-state index is 13.1. The molecule has 0 aliphatic carbocycles. The summed E-state index contributed by atoms with van der Waals surface area (Å²) >= 11 is 1.92. The number of carbonyl (C=O) groups is 2. The molecule has 0 unspecified atom stereocenters. The lowest BCUT2D eigenvalue weighted by Crippen LogP contribution is -2.24. The first kappa shape index (κ1) is 23.3. The van der Waals surface area contributed by atoms with Gasteiger partial charge in [-0.1, -0.05) is 18.2 Å². The molecule has 0 fully saturated rings. The van der Waals surface area contributed by atoms with Crippen molar-refractivity contribution in [1.29, 1.82) is 0 Å². The topological polar surface area (TPSA) is 119 Å². The molecule has 0 saturated heterocycles. The van der Waals surface area contributed by atoms with E-state index < -0.39 is 23.4 Å². The van der Waals surface area contributed by atoms with Crippen molar-refractivity contribution >= 4 is 40.2 Å². The van der Waals surface area contributed by atoms with Crippen LogP contribution in [-0.4, -0.2) is 36.8 Å². The van der Waals surface area contributed by atoms with Crippen molar-refractivity contribution in [2.45, 2.75) is 13.5 Å². The van der Waals surface area contributed by atoms with E-state index in [2.05, 4.69) is 15.7 Å². The third kappa shape index (κ3) is 4.73. The maximum Gasteiger partial charge on any atom is 0.368 e. The predicted molar refractivity (Wildman–Crippen MR) is 130 cm³/mol. The third-order valence-corrected chi connectivity index (χ3v) is 5.95. The van der Waals surface area contributed by atoms with Crippen LogP contribution in [0, 0.1) is 16.3 Å². The molecular formula is C23H17FIN5O4. The highest BCUT2D eigenvalue weighted by atomic mass is 127. The highest BCUT2D eigenvalue weighted by molar-refractivity contribution is 14.1. The molecule has 1 aromatic heterocycles. The minimum absolute atomic E-state index is 0.0812. The van der Waals surface area contributed by atoms with Crippen LogP contribution in [0.3, 0.4) is 0 Å². The van der Waals surface area contributed by atoms with Gasteiger partial charge in [0.1, 0.15) is 5.82 Å². The first-order valence-corrected chi connectivity index (χ1v) is 11.0. The zero-order valence-corrected chi connectivity index (χ0v) is 19.9. The summed E-state index contributed by atoms with van der Waals surface area (Å²) in [4.78, 5) is 37.0. The number of anilines is 1. The van der Waals surface area contributed by atoms with Crippen LogP contribution in [0.4, 0.5) is 10.1 Å². The Kier molecular flexibility index (Phi) is 6.54. The molecule has 2 N–H and O–H groups in total. The average Bonchev–Trinajstić information content (AvgIpc) is 3.15. The molecule has 1 amide bonds. The second-order valence-corrected chi connectivity index (χ2v) is 8.54. The lowest BCUT2D eigenvalue weighted by molar-refractivity contribution is 0.0692. The number of benzene rings is 3. The zero-order valence-electron chi connectivity index (χ0n) is 17.7. The van der Waals surface area contributed by atoms with Crippen molar-refractivity contribution < 1.29 is 19.1 Å². The minimum atomic E-state index is -1.19. The first-order valence-electron chi connectivity index (χ1n) is 9.96. The maximum atomic E-state index is 13.1. The number of aryl methyl sites for hydroxylation is 1. The monoisotopic (exact) mass is 573 g/mol. The number of carboxylic acid groups (broad SMARTS) is 1. The molecule has 0 bridgehead atoms. The zero-order chi connectivity index (χ0) is 24.4. The van der Waals surface area contributed by atoms with Gasteiger partial charge >= 0.3 is 11.7 Å². The number of nitrogens with one attached hydrogen (secondary N) is 1. The third-order valence-electron chi connectivity index (χ3n) is 5.05. The van der Waals surface area contributed by atoms with Crippen molar-refractivity contribution in [3.05, 3.63) is 103 Å². The Hall–Kier alpha value is -3.87. The number of halogens is 2. The summed E-state index contributed by atoms with van der Waals surface area (Å²) in [5.74, 6) is -2.14.